The van der Waals surface area contributed by atoms with Gasteiger partial charge < -0.3 is 5.32 Å². The molecule has 0 aliphatic heterocycles. The average Bonchev–Trinajstić information content (AvgIpc) is 2.47. The summed E-state index contributed by atoms with van der Waals surface area (Å²) in [5.41, 5.74) is 1.06. The maximum Gasteiger partial charge on any atom is 0.0762 e. The molecular formula is C9H15N3. The fourth-order valence-corrected chi connectivity index (χ4v) is 0.906. The van der Waals surface area contributed by atoms with E-state index >= 15 is 0 Å². The van der Waals surface area contributed by atoms with Gasteiger partial charge in [0.15, 0.2) is 0 Å². The Morgan fingerprint density at radius 3 is 3.08 bits per heavy atom. The predicted octanol–water partition coefficient (Wildman–Crippen LogP) is 1.08. The molecule has 1 aromatic heterocycles. The molecule has 1 unspecified atom stereocenters. The summed E-state index contributed by atoms with van der Waals surface area (Å²) >= 11 is 0. The summed E-state index contributed by atoms with van der Waals surface area (Å²) in [7, 11) is 1.92. The van der Waals surface area contributed by atoms with Crippen LogP contribution in [0.5, 0.6) is 0 Å². The summed E-state index contributed by atoms with van der Waals surface area (Å²) in [5, 5.41) is 7.50. The van der Waals surface area contributed by atoms with Crippen molar-refractivity contribution in [2.24, 2.45) is 7.05 Å². The van der Waals surface area contributed by atoms with Crippen LogP contribution >= 0.6 is 0 Å². The van der Waals surface area contributed by atoms with Gasteiger partial charge in [-0.2, -0.15) is 5.10 Å². The van der Waals surface area contributed by atoms with Crippen molar-refractivity contribution in [3.8, 4) is 0 Å². The van der Waals surface area contributed by atoms with Gasteiger partial charge in [0.1, 0.15) is 0 Å². The highest BCUT2D eigenvalue weighted by atomic mass is 15.3. The number of hydrogen-bond donors (Lipinski definition) is 1. The van der Waals surface area contributed by atoms with E-state index < -0.39 is 0 Å². The molecule has 0 saturated carbocycles. The first-order valence-corrected chi connectivity index (χ1v) is 4.07. The van der Waals surface area contributed by atoms with Crippen LogP contribution in [-0.4, -0.2) is 15.8 Å². The molecule has 0 amide bonds. The standard InChI is InChI=1S/C9H15N3/c1-4-8(2)10-7-9-5-6-12(3)11-9/h4-6,8,10H,1,7H2,2-3H3. The molecule has 1 atom stereocenters. The predicted molar refractivity (Wildman–Crippen MR) is 49.7 cm³/mol. The quantitative estimate of drug-likeness (QED) is 0.677. The first-order valence-electron chi connectivity index (χ1n) is 4.07. The summed E-state index contributed by atoms with van der Waals surface area (Å²) < 4.78 is 1.80. The lowest BCUT2D eigenvalue weighted by Gasteiger charge is -2.05. The van der Waals surface area contributed by atoms with Crippen LogP contribution in [0, 0.1) is 0 Å². The molecule has 1 N–H and O–H groups in total. The van der Waals surface area contributed by atoms with Gasteiger partial charge in [0.2, 0.25) is 0 Å². The van der Waals surface area contributed by atoms with E-state index in [1.807, 2.05) is 25.4 Å². The molecule has 0 saturated heterocycles. The summed E-state index contributed by atoms with van der Waals surface area (Å²) in [6, 6.07) is 2.34. The highest BCUT2D eigenvalue weighted by Gasteiger charge is 1.97. The number of hydrogen-bond acceptors (Lipinski definition) is 2. The Kier molecular flexibility index (Phi) is 3.05. The molecule has 0 radical (unpaired) electrons. The Balaban J connectivity index is 2.37. The van der Waals surface area contributed by atoms with E-state index in [-0.39, 0.29) is 0 Å². The Morgan fingerprint density at radius 1 is 1.83 bits per heavy atom. The molecule has 0 spiro atoms. The molecule has 0 fully saturated rings. The van der Waals surface area contributed by atoms with Gasteiger partial charge in [0.05, 0.1) is 5.69 Å². The Bertz CT molecular complexity index is 252. The van der Waals surface area contributed by atoms with E-state index in [1.165, 1.54) is 0 Å². The van der Waals surface area contributed by atoms with Crippen molar-refractivity contribution in [1.29, 1.82) is 0 Å². The fraction of sp³-hybridized carbons (Fsp3) is 0.444. The molecule has 66 valence electrons. The molecule has 0 aliphatic carbocycles. The van der Waals surface area contributed by atoms with Crippen molar-refractivity contribution in [1.82, 2.24) is 15.1 Å². The number of aryl methyl sites for hydroxylation is 1. The minimum Gasteiger partial charge on any atom is -0.305 e. The Labute approximate surface area is 73.1 Å². The van der Waals surface area contributed by atoms with Gasteiger partial charge >= 0.3 is 0 Å². The van der Waals surface area contributed by atoms with Gasteiger partial charge in [-0.05, 0) is 13.0 Å². The highest BCUT2D eigenvalue weighted by Crippen LogP contribution is 1.94. The summed E-state index contributed by atoms with van der Waals surface area (Å²) in [4.78, 5) is 0. The van der Waals surface area contributed by atoms with E-state index in [0.29, 0.717) is 6.04 Å². The maximum atomic E-state index is 4.24. The van der Waals surface area contributed by atoms with Gasteiger partial charge in [0, 0.05) is 25.8 Å². The first-order chi connectivity index (χ1) is 5.72. The van der Waals surface area contributed by atoms with Crippen molar-refractivity contribution in [2.75, 3.05) is 0 Å². The first kappa shape index (κ1) is 9.00. The third-order valence-electron chi connectivity index (χ3n) is 1.73. The van der Waals surface area contributed by atoms with E-state index in [2.05, 4.69) is 23.9 Å². The van der Waals surface area contributed by atoms with Crippen LogP contribution in [0.15, 0.2) is 24.9 Å². The third-order valence-corrected chi connectivity index (χ3v) is 1.73. The Morgan fingerprint density at radius 2 is 2.58 bits per heavy atom. The average molecular weight is 165 g/mol. The molecule has 3 heteroatoms. The van der Waals surface area contributed by atoms with Crippen molar-refractivity contribution < 1.29 is 0 Å². The van der Waals surface area contributed by atoms with E-state index in [4.69, 9.17) is 0 Å². The van der Waals surface area contributed by atoms with Crippen LogP contribution < -0.4 is 5.32 Å². The molecule has 12 heavy (non-hydrogen) atoms. The van der Waals surface area contributed by atoms with Crippen LogP contribution in [0.1, 0.15) is 12.6 Å². The smallest absolute Gasteiger partial charge is 0.0762 e. The lowest BCUT2D eigenvalue weighted by Crippen LogP contribution is -2.23. The fourth-order valence-electron chi connectivity index (χ4n) is 0.906. The third kappa shape index (κ3) is 2.51. The summed E-state index contributed by atoms with van der Waals surface area (Å²) in [6.07, 6.45) is 3.82. The van der Waals surface area contributed by atoms with Crippen LogP contribution in [0.25, 0.3) is 0 Å². The zero-order valence-electron chi connectivity index (χ0n) is 7.62. The largest absolute Gasteiger partial charge is 0.305 e. The van der Waals surface area contributed by atoms with Gasteiger partial charge in [0.25, 0.3) is 0 Å². The zero-order valence-corrected chi connectivity index (χ0v) is 7.62. The molecule has 0 bridgehead atoms. The summed E-state index contributed by atoms with van der Waals surface area (Å²) in [6.45, 7) is 6.56. The van der Waals surface area contributed by atoms with E-state index in [1.54, 1.807) is 4.68 Å². The molecule has 1 aromatic rings. The Hall–Kier alpha value is -1.09. The van der Waals surface area contributed by atoms with Gasteiger partial charge in [-0.1, -0.05) is 6.08 Å². The molecule has 0 aromatic carbocycles. The molecule has 0 aliphatic rings. The number of aromatic nitrogens is 2. The molecule has 1 heterocycles. The normalized spacial score (nSPS) is 12.8. The van der Waals surface area contributed by atoms with E-state index in [9.17, 15) is 0 Å². The number of nitrogens with one attached hydrogen (secondary N) is 1. The van der Waals surface area contributed by atoms with Crippen molar-refractivity contribution >= 4 is 0 Å². The second kappa shape index (κ2) is 4.07. The topological polar surface area (TPSA) is 29.9 Å². The molecule has 3 nitrogen and oxygen atoms in total. The molecular weight excluding hydrogens is 150 g/mol. The zero-order chi connectivity index (χ0) is 8.97. The lowest BCUT2D eigenvalue weighted by atomic mass is 10.3. The van der Waals surface area contributed by atoms with Gasteiger partial charge in [-0.25, -0.2) is 0 Å². The van der Waals surface area contributed by atoms with Gasteiger partial charge in [-0.15, -0.1) is 6.58 Å². The minimum atomic E-state index is 0.340. The van der Waals surface area contributed by atoms with Crippen molar-refractivity contribution in [3.05, 3.63) is 30.6 Å². The van der Waals surface area contributed by atoms with Gasteiger partial charge in [-0.3, -0.25) is 4.68 Å². The monoisotopic (exact) mass is 165 g/mol. The number of rotatable bonds is 4. The highest BCUT2D eigenvalue weighted by molar-refractivity contribution is 4.99. The second-order valence-electron chi connectivity index (χ2n) is 2.89. The SMILES string of the molecule is C=CC(C)NCc1ccn(C)n1. The van der Waals surface area contributed by atoms with Crippen molar-refractivity contribution in [3.63, 3.8) is 0 Å². The van der Waals surface area contributed by atoms with Crippen LogP contribution in [0.2, 0.25) is 0 Å². The maximum absolute atomic E-state index is 4.24. The number of nitrogens with zero attached hydrogens (tertiary/aromatic N) is 2. The van der Waals surface area contributed by atoms with E-state index in [0.717, 1.165) is 12.2 Å². The van der Waals surface area contributed by atoms with Crippen LogP contribution in [0.3, 0.4) is 0 Å². The molecule has 1 rings (SSSR count). The van der Waals surface area contributed by atoms with Crippen LogP contribution in [0.4, 0.5) is 0 Å². The second-order valence-corrected chi connectivity index (χ2v) is 2.89. The van der Waals surface area contributed by atoms with Crippen LogP contribution in [-0.2, 0) is 13.6 Å². The lowest BCUT2D eigenvalue weighted by molar-refractivity contribution is 0.613. The van der Waals surface area contributed by atoms with Crippen molar-refractivity contribution in [2.45, 2.75) is 19.5 Å². The summed E-state index contributed by atoms with van der Waals surface area (Å²) in [5.74, 6) is 0. The minimum absolute atomic E-state index is 0.340.